The maximum Gasteiger partial charge on any atom is 0.0931 e. The maximum atomic E-state index is 5.98. The summed E-state index contributed by atoms with van der Waals surface area (Å²) in [5.41, 5.74) is 4.85. The van der Waals surface area contributed by atoms with Crippen LogP contribution in [0.4, 0.5) is 0 Å². The molecule has 0 aliphatic carbocycles. The Hall–Kier alpha value is -1.46. The molecule has 3 nitrogen and oxygen atoms in total. The van der Waals surface area contributed by atoms with Crippen molar-refractivity contribution >= 4 is 33.8 Å². The molecule has 0 fully saturated rings. The first-order chi connectivity index (χ1) is 9.76. The van der Waals surface area contributed by atoms with E-state index in [1.54, 1.807) is 0 Å². The molecule has 0 aliphatic rings. The fourth-order valence-corrected chi connectivity index (χ4v) is 3.31. The highest BCUT2D eigenvalue weighted by Crippen LogP contribution is 2.28. The lowest BCUT2D eigenvalue weighted by Crippen LogP contribution is -2.29. The number of para-hydroxylation sites is 1. The molecule has 3 rings (SSSR count). The molecule has 102 valence electrons. The molecule has 20 heavy (non-hydrogen) atoms. The number of hydrazine groups is 1. The normalized spacial score (nSPS) is 12.7. The van der Waals surface area contributed by atoms with Crippen LogP contribution in [0.2, 0.25) is 4.34 Å². The van der Waals surface area contributed by atoms with Gasteiger partial charge >= 0.3 is 0 Å². The highest BCUT2D eigenvalue weighted by molar-refractivity contribution is 7.16. The molecule has 0 bridgehead atoms. The molecule has 5 heteroatoms. The predicted octanol–water partition coefficient (Wildman–Crippen LogP) is 3.70. The Morgan fingerprint density at radius 3 is 2.75 bits per heavy atom. The van der Waals surface area contributed by atoms with Gasteiger partial charge in [-0.3, -0.25) is 16.3 Å². The zero-order valence-electron chi connectivity index (χ0n) is 10.7. The summed E-state index contributed by atoms with van der Waals surface area (Å²) in [5.74, 6) is 5.66. The van der Waals surface area contributed by atoms with Gasteiger partial charge in [-0.15, -0.1) is 11.3 Å². The summed E-state index contributed by atoms with van der Waals surface area (Å²) in [5, 5.41) is 1.15. The molecule has 0 amide bonds. The molecule has 1 unspecified atom stereocenters. The van der Waals surface area contributed by atoms with E-state index in [4.69, 9.17) is 17.4 Å². The lowest BCUT2D eigenvalue weighted by atomic mass is 10.1. The first-order valence-corrected chi connectivity index (χ1v) is 7.52. The Morgan fingerprint density at radius 2 is 2.00 bits per heavy atom. The Kier molecular flexibility index (Phi) is 3.98. The number of nitrogens with one attached hydrogen (secondary N) is 1. The minimum absolute atomic E-state index is 0.0289. The summed E-state index contributed by atoms with van der Waals surface area (Å²) >= 11 is 7.52. The van der Waals surface area contributed by atoms with Crippen LogP contribution >= 0.6 is 22.9 Å². The summed E-state index contributed by atoms with van der Waals surface area (Å²) in [6.07, 6.45) is 0.734. The van der Waals surface area contributed by atoms with Gasteiger partial charge in [-0.05, 0) is 24.3 Å². The van der Waals surface area contributed by atoms with Crippen molar-refractivity contribution in [2.45, 2.75) is 12.5 Å². The van der Waals surface area contributed by atoms with E-state index in [-0.39, 0.29) is 6.04 Å². The lowest BCUT2D eigenvalue weighted by molar-refractivity contribution is 0.555. The average Bonchev–Trinajstić information content (AvgIpc) is 2.91. The minimum Gasteiger partial charge on any atom is -0.271 e. The number of hydrogen-bond donors (Lipinski definition) is 2. The topological polar surface area (TPSA) is 50.9 Å². The summed E-state index contributed by atoms with van der Waals surface area (Å²) in [4.78, 5) is 5.79. The quantitative estimate of drug-likeness (QED) is 0.571. The van der Waals surface area contributed by atoms with Crippen molar-refractivity contribution in [3.8, 4) is 0 Å². The standard InChI is InChI=1S/C15H14ClN3S/c16-15-8-7-14(20-15)13(19-17)9-11-6-5-10-3-1-2-4-12(10)18-11/h1-8,13,19H,9,17H2. The molecule has 2 aromatic heterocycles. The Balaban J connectivity index is 1.87. The number of pyridine rings is 1. The van der Waals surface area contributed by atoms with Crippen LogP contribution in [0.1, 0.15) is 16.6 Å². The van der Waals surface area contributed by atoms with Crippen LogP contribution in [-0.4, -0.2) is 4.98 Å². The van der Waals surface area contributed by atoms with Gasteiger partial charge in [0.15, 0.2) is 0 Å². The van der Waals surface area contributed by atoms with E-state index < -0.39 is 0 Å². The van der Waals surface area contributed by atoms with E-state index in [9.17, 15) is 0 Å². The number of nitrogens with zero attached hydrogens (tertiary/aromatic N) is 1. The molecule has 0 saturated carbocycles. The fourth-order valence-electron chi connectivity index (χ4n) is 2.19. The fraction of sp³-hybridized carbons (Fsp3) is 0.133. The molecule has 2 heterocycles. The average molecular weight is 304 g/mol. The highest BCUT2D eigenvalue weighted by Gasteiger charge is 2.14. The lowest BCUT2D eigenvalue weighted by Gasteiger charge is -2.14. The molecule has 1 aromatic carbocycles. The van der Waals surface area contributed by atoms with Gasteiger partial charge < -0.3 is 0 Å². The Morgan fingerprint density at radius 1 is 1.15 bits per heavy atom. The van der Waals surface area contributed by atoms with Gasteiger partial charge in [0.25, 0.3) is 0 Å². The Labute approximate surface area is 126 Å². The molecule has 3 N–H and O–H groups in total. The van der Waals surface area contributed by atoms with Crippen LogP contribution in [0.25, 0.3) is 10.9 Å². The van der Waals surface area contributed by atoms with Crippen LogP contribution in [0, 0.1) is 0 Å². The largest absolute Gasteiger partial charge is 0.271 e. The summed E-state index contributed by atoms with van der Waals surface area (Å²) in [7, 11) is 0. The van der Waals surface area contributed by atoms with Crippen molar-refractivity contribution in [3.05, 3.63) is 63.4 Å². The number of fused-ring (bicyclic) bond motifs is 1. The SMILES string of the molecule is NNC(Cc1ccc2ccccc2n1)c1ccc(Cl)s1. The number of thiophene rings is 1. The van der Waals surface area contributed by atoms with Gasteiger partial charge in [-0.1, -0.05) is 35.9 Å². The minimum atomic E-state index is 0.0289. The van der Waals surface area contributed by atoms with Gasteiger partial charge in [0.05, 0.1) is 15.9 Å². The zero-order valence-corrected chi connectivity index (χ0v) is 12.3. The molecule has 0 radical (unpaired) electrons. The van der Waals surface area contributed by atoms with Gasteiger partial charge in [-0.2, -0.15) is 0 Å². The van der Waals surface area contributed by atoms with Crippen LogP contribution in [0.3, 0.4) is 0 Å². The van der Waals surface area contributed by atoms with E-state index in [1.165, 1.54) is 11.3 Å². The van der Waals surface area contributed by atoms with Crippen molar-refractivity contribution < 1.29 is 0 Å². The van der Waals surface area contributed by atoms with Crippen molar-refractivity contribution in [1.82, 2.24) is 10.4 Å². The third-order valence-electron chi connectivity index (χ3n) is 3.21. The summed E-state index contributed by atoms with van der Waals surface area (Å²) in [6.45, 7) is 0. The number of halogens is 1. The highest BCUT2D eigenvalue weighted by atomic mass is 35.5. The van der Waals surface area contributed by atoms with Crippen molar-refractivity contribution in [2.24, 2.45) is 5.84 Å². The first kappa shape index (κ1) is 13.5. The van der Waals surface area contributed by atoms with Crippen molar-refractivity contribution in [1.29, 1.82) is 0 Å². The molecule has 0 aliphatic heterocycles. The third-order valence-corrected chi connectivity index (χ3v) is 4.55. The first-order valence-electron chi connectivity index (χ1n) is 6.32. The number of rotatable bonds is 4. The summed E-state index contributed by atoms with van der Waals surface area (Å²) in [6, 6.07) is 16.1. The van der Waals surface area contributed by atoms with E-state index in [2.05, 4.69) is 22.5 Å². The second kappa shape index (κ2) is 5.89. The van der Waals surface area contributed by atoms with Crippen molar-refractivity contribution in [2.75, 3.05) is 0 Å². The van der Waals surface area contributed by atoms with Gasteiger partial charge in [0, 0.05) is 22.4 Å². The van der Waals surface area contributed by atoms with Gasteiger partial charge in [0.2, 0.25) is 0 Å². The van der Waals surface area contributed by atoms with E-state index in [1.807, 2.05) is 36.4 Å². The van der Waals surface area contributed by atoms with E-state index in [0.29, 0.717) is 0 Å². The number of nitrogens with two attached hydrogens (primary N) is 1. The van der Waals surface area contributed by atoms with Gasteiger partial charge in [-0.25, -0.2) is 0 Å². The Bertz CT molecular complexity index is 726. The molecular formula is C15H14ClN3S. The number of aromatic nitrogens is 1. The van der Waals surface area contributed by atoms with Crippen molar-refractivity contribution in [3.63, 3.8) is 0 Å². The maximum absolute atomic E-state index is 5.98. The second-order valence-electron chi connectivity index (χ2n) is 4.56. The zero-order chi connectivity index (χ0) is 13.9. The van der Waals surface area contributed by atoms with E-state index in [0.717, 1.165) is 32.2 Å². The molecule has 0 saturated heterocycles. The number of benzene rings is 1. The molecular weight excluding hydrogens is 290 g/mol. The molecule has 3 aromatic rings. The van der Waals surface area contributed by atoms with E-state index >= 15 is 0 Å². The van der Waals surface area contributed by atoms with Crippen LogP contribution in [0.5, 0.6) is 0 Å². The van der Waals surface area contributed by atoms with Crippen LogP contribution < -0.4 is 11.3 Å². The second-order valence-corrected chi connectivity index (χ2v) is 6.31. The summed E-state index contributed by atoms with van der Waals surface area (Å²) < 4.78 is 0.770. The molecule has 1 atom stereocenters. The monoisotopic (exact) mass is 303 g/mol. The van der Waals surface area contributed by atoms with Crippen LogP contribution in [-0.2, 0) is 6.42 Å². The third kappa shape index (κ3) is 2.83. The number of hydrogen-bond acceptors (Lipinski definition) is 4. The predicted molar refractivity (Wildman–Crippen MR) is 84.8 cm³/mol. The van der Waals surface area contributed by atoms with Gasteiger partial charge in [0.1, 0.15) is 0 Å². The molecule has 0 spiro atoms. The van der Waals surface area contributed by atoms with Crippen LogP contribution in [0.15, 0.2) is 48.5 Å². The smallest absolute Gasteiger partial charge is 0.0931 e.